The highest BCUT2D eigenvalue weighted by molar-refractivity contribution is 5.90. The molecule has 0 aliphatic heterocycles. The van der Waals surface area contributed by atoms with E-state index < -0.39 is 10.9 Å². The zero-order chi connectivity index (χ0) is 18.9. The maximum absolute atomic E-state index is 12.3. The van der Waals surface area contributed by atoms with Crippen molar-refractivity contribution in [2.75, 3.05) is 0 Å². The molecule has 5 heteroatoms. The van der Waals surface area contributed by atoms with Gasteiger partial charge < -0.3 is 4.74 Å². The minimum Gasteiger partial charge on any atom is -0.427 e. The number of benzene rings is 1. The van der Waals surface area contributed by atoms with Gasteiger partial charge in [-0.05, 0) is 69.1 Å². The number of rotatable bonds is 7. The summed E-state index contributed by atoms with van der Waals surface area (Å²) >= 11 is 0. The first-order valence-corrected chi connectivity index (χ1v) is 9.13. The molecule has 1 aromatic carbocycles. The minimum atomic E-state index is -0.482. The third-order valence-electron chi connectivity index (χ3n) is 5.80. The van der Waals surface area contributed by atoms with Crippen molar-refractivity contribution < 1.29 is 14.5 Å². The Balaban J connectivity index is 1.57. The van der Waals surface area contributed by atoms with E-state index in [1.165, 1.54) is 29.8 Å². The van der Waals surface area contributed by atoms with Gasteiger partial charge in [0, 0.05) is 18.1 Å². The number of carbonyl (C=O) groups excluding carboxylic acids is 1. The van der Waals surface area contributed by atoms with Crippen molar-refractivity contribution in [3.05, 3.63) is 63.4 Å². The first kappa shape index (κ1) is 18.4. The topological polar surface area (TPSA) is 69.4 Å². The number of hydrogen-bond acceptors (Lipinski definition) is 4. The summed E-state index contributed by atoms with van der Waals surface area (Å²) in [5, 5.41) is 10.7. The monoisotopic (exact) mass is 355 g/mol. The average Bonchev–Trinajstić information content (AvgIpc) is 3.25. The molecule has 138 valence electrons. The molecule has 0 radical (unpaired) electrons. The van der Waals surface area contributed by atoms with Crippen LogP contribution in [0.3, 0.4) is 0 Å². The molecule has 26 heavy (non-hydrogen) atoms. The van der Waals surface area contributed by atoms with Gasteiger partial charge >= 0.3 is 5.97 Å². The SMILES string of the molecule is CC(C)=CCC[C@@H](C)[C@]12CC=C(OC(=O)c3ccc([N+](=O)[O-])cc3)[C@H]1C2. The van der Waals surface area contributed by atoms with E-state index in [0.29, 0.717) is 17.4 Å². The van der Waals surface area contributed by atoms with Crippen molar-refractivity contribution in [2.24, 2.45) is 17.3 Å². The summed E-state index contributed by atoms with van der Waals surface area (Å²) < 4.78 is 5.61. The molecule has 1 fully saturated rings. The Morgan fingerprint density at radius 3 is 2.65 bits per heavy atom. The zero-order valence-corrected chi connectivity index (χ0v) is 15.5. The Labute approximate surface area is 153 Å². The van der Waals surface area contributed by atoms with Gasteiger partial charge in [0.25, 0.3) is 5.69 Å². The molecule has 0 saturated heterocycles. The number of non-ortho nitro benzene ring substituents is 1. The predicted molar refractivity (Wildman–Crippen MR) is 99.6 cm³/mol. The third-order valence-corrected chi connectivity index (χ3v) is 5.80. The lowest BCUT2D eigenvalue weighted by Crippen LogP contribution is -2.13. The Kier molecular flexibility index (Phi) is 4.99. The molecule has 1 aromatic rings. The maximum atomic E-state index is 12.3. The molecule has 0 spiro atoms. The molecule has 1 saturated carbocycles. The molecular formula is C21H25NO4. The second-order valence-electron chi connectivity index (χ2n) is 7.75. The van der Waals surface area contributed by atoms with Crippen LogP contribution in [0, 0.1) is 27.4 Å². The van der Waals surface area contributed by atoms with Gasteiger partial charge in [0.15, 0.2) is 0 Å². The van der Waals surface area contributed by atoms with Crippen molar-refractivity contribution >= 4 is 11.7 Å². The molecule has 0 N–H and O–H groups in total. The number of nitrogens with zero attached hydrogens (tertiary/aromatic N) is 1. The van der Waals surface area contributed by atoms with Crippen molar-refractivity contribution in [3.63, 3.8) is 0 Å². The van der Waals surface area contributed by atoms with Crippen LogP contribution in [0.15, 0.2) is 47.7 Å². The number of ether oxygens (including phenoxy) is 1. The number of carbonyl (C=O) groups is 1. The minimum absolute atomic E-state index is 0.0342. The van der Waals surface area contributed by atoms with Crippen LogP contribution in [0.2, 0.25) is 0 Å². The Hall–Kier alpha value is -2.43. The van der Waals surface area contributed by atoms with E-state index >= 15 is 0 Å². The number of fused-ring (bicyclic) bond motifs is 1. The first-order chi connectivity index (χ1) is 12.3. The highest BCUT2D eigenvalue weighted by atomic mass is 16.6. The van der Waals surface area contributed by atoms with Crippen LogP contribution in [0.25, 0.3) is 0 Å². The molecule has 0 unspecified atom stereocenters. The molecule has 0 amide bonds. The summed E-state index contributed by atoms with van der Waals surface area (Å²) in [7, 11) is 0. The van der Waals surface area contributed by atoms with E-state index in [2.05, 4.69) is 32.9 Å². The van der Waals surface area contributed by atoms with Gasteiger partial charge in [0.05, 0.1) is 10.5 Å². The number of nitro groups is 1. The van der Waals surface area contributed by atoms with Gasteiger partial charge in [-0.25, -0.2) is 4.79 Å². The van der Waals surface area contributed by atoms with Crippen LogP contribution in [-0.4, -0.2) is 10.9 Å². The van der Waals surface area contributed by atoms with E-state index in [-0.39, 0.29) is 11.1 Å². The lowest BCUT2D eigenvalue weighted by atomic mass is 9.84. The standard InChI is InChI=1S/C21H25NO4/c1-14(2)5-4-6-15(3)21-12-11-19(18(21)13-21)26-20(23)16-7-9-17(10-8-16)22(24)25/h5,7-11,15,18H,4,6,12-13H2,1-3H3/t15-,18-,21-/m1/s1. The largest absolute Gasteiger partial charge is 0.427 e. The highest BCUT2D eigenvalue weighted by Crippen LogP contribution is 2.68. The zero-order valence-electron chi connectivity index (χ0n) is 15.5. The average molecular weight is 355 g/mol. The molecule has 0 bridgehead atoms. The highest BCUT2D eigenvalue weighted by Gasteiger charge is 2.61. The van der Waals surface area contributed by atoms with E-state index in [0.717, 1.165) is 31.4 Å². The second kappa shape index (κ2) is 7.06. The number of esters is 1. The number of nitro benzene ring substituents is 1. The smallest absolute Gasteiger partial charge is 0.343 e. The molecule has 3 atom stereocenters. The third kappa shape index (κ3) is 3.57. The van der Waals surface area contributed by atoms with Crippen LogP contribution in [0.4, 0.5) is 5.69 Å². The van der Waals surface area contributed by atoms with Crippen molar-refractivity contribution in [2.45, 2.75) is 46.5 Å². The van der Waals surface area contributed by atoms with Crippen LogP contribution < -0.4 is 0 Å². The fourth-order valence-corrected chi connectivity index (χ4v) is 4.02. The van der Waals surface area contributed by atoms with Gasteiger partial charge in [-0.1, -0.05) is 18.6 Å². The molecule has 3 rings (SSSR count). The fourth-order valence-electron chi connectivity index (χ4n) is 4.02. The lowest BCUT2D eigenvalue weighted by molar-refractivity contribution is -0.384. The fraction of sp³-hybridized carbons (Fsp3) is 0.476. The van der Waals surface area contributed by atoms with Crippen molar-refractivity contribution in [3.8, 4) is 0 Å². The lowest BCUT2D eigenvalue weighted by Gasteiger charge is -2.20. The van der Waals surface area contributed by atoms with Crippen LogP contribution in [0.1, 0.15) is 56.8 Å². The van der Waals surface area contributed by atoms with Gasteiger partial charge in [-0.3, -0.25) is 10.1 Å². The molecular weight excluding hydrogens is 330 g/mol. The molecule has 0 aromatic heterocycles. The van der Waals surface area contributed by atoms with E-state index in [1.807, 2.05) is 0 Å². The van der Waals surface area contributed by atoms with Crippen LogP contribution in [0.5, 0.6) is 0 Å². The van der Waals surface area contributed by atoms with Gasteiger partial charge in [-0.2, -0.15) is 0 Å². The summed E-state index contributed by atoms with van der Waals surface area (Å²) in [6.07, 6.45) is 8.63. The quantitative estimate of drug-likeness (QED) is 0.283. The number of hydrogen-bond donors (Lipinski definition) is 0. The number of allylic oxidation sites excluding steroid dienone is 4. The Bertz CT molecular complexity index is 774. The van der Waals surface area contributed by atoms with Crippen LogP contribution >= 0.6 is 0 Å². The summed E-state index contributed by atoms with van der Waals surface area (Å²) in [6.45, 7) is 6.54. The van der Waals surface area contributed by atoms with Gasteiger partial charge in [0.2, 0.25) is 0 Å². The van der Waals surface area contributed by atoms with Crippen LogP contribution in [-0.2, 0) is 4.74 Å². The second-order valence-corrected chi connectivity index (χ2v) is 7.75. The van der Waals surface area contributed by atoms with Gasteiger partial charge in [0.1, 0.15) is 5.76 Å². The molecule has 5 nitrogen and oxygen atoms in total. The Morgan fingerprint density at radius 2 is 2.08 bits per heavy atom. The van der Waals surface area contributed by atoms with E-state index in [1.54, 1.807) is 0 Å². The molecule has 0 heterocycles. The predicted octanol–water partition coefficient (Wildman–Crippen LogP) is 5.43. The van der Waals surface area contributed by atoms with Crippen molar-refractivity contribution in [1.29, 1.82) is 0 Å². The molecule has 2 aliphatic rings. The van der Waals surface area contributed by atoms with E-state index in [4.69, 9.17) is 4.74 Å². The summed E-state index contributed by atoms with van der Waals surface area (Å²) in [6, 6.07) is 5.54. The summed E-state index contributed by atoms with van der Waals surface area (Å²) in [5.74, 6) is 1.27. The Morgan fingerprint density at radius 1 is 1.38 bits per heavy atom. The maximum Gasteiger partial charge on any atom is 0.343 e. The van der Waals surface area contributed by atoms with Crippen molar-refractivity contribution in [1.82, 2.24) is 0 Å². The van der Waals surface area contributed by atoms with Gasteiger partial charge in [-0.15, -0.1) is 0 Å². The summed E-state index contributed by atoms with van der Waals surface area (Å²) in [5.41, 5.74) is 1.92. The first-order valence-electron chi connectivity index (χ1n) is 9.13. The van der Waals surface area contributed by atoms with E-state index in [9.17, 15) is 14.9 Å². The molecule has 2 aliphatic carbocycles. The normalized spacial score (nSPS) is 24.3. The summed E-state index contributed by atoms with van der Waals surface area (Å²) in [4.78, 5) is 22.5.